The van der Waals surface area contributed by atoms with Crippen molar-refractivity contribution in [3.63, 3.8) is 0 Å². The van der Waals surface area contributed by atoms with Crippen molar-refractivity contribution in [1.29, 1.82) is 0 Å². The molecule has 1 aliphatic rings. The van der Waals surface area contributed by atoms with Crippen molar-refractivity contribution in [3.8, 4) is 0 Å². The first kappa shape index (κ1) is 13.7. The van der Waals surface area contributed by atoms with Gasteiger partial charge >= 0.3 is 0 Å². The van der Waals surface area contributed by atoms with E-state index in [4.69, 9.17) is 9.72 Å². The summed E-state index contributed by atoms with van der Waals surface area (Å²) in [6.07, 6.45) is 2.05. The minimum absolute atomic E-state index is 0.337. The van der Waals surface area contributed by atoms with Crippen LogP contribution in [-0.4, -0.2) is 23.6 Å². The van der Waals surface area contributed by atoms with Gasteiger partial charge in [-0.3, -0.25) is 0 Å². The number of hydrogen-bond donors (Lipinski definition) is 1. The second-order valence-electron chi connectivity index (χ2n) is 5.18. The fourth-order valence-corrected chi connectivity index (χ4v) is 3.04. The molecular weight excluding hydrogens is 294 g/mol. The molecule has 2 rings (SSSR count). The van der Waals surface area contributed by atoms with Crippen molar-refractivity contribution in [3.05, 3.63) is 16.0 Å². The van der Waals surface area contributed by atoms with E-state index >= 15 is 0 Å². The zero-order valence-electron chi connectivity index (χ0n) is 11.4. The maximum atomic E-state index is 5.83. The number of aromatic nitrogens is 2. The first-order valence-electron chi connectivity index (χ1n) is 6.37. The third-order valence-electron chi connectivity index (χ3n) is 3.35. The molecule has 4 nitrogen and oxygen atoms in total. The summed E-state index contributed by atoms with van der Waals surface area (Å²) in [6.45, 7) is 7.14. The molecule has 1 aliphatic heterocycles. The van der Waals surface area contributed by atoms with Crippen LogP contribution in [0.4, 0.5) is 5.82 Å². The number of hydrogen-bond acceptors (Lipinski definition) is 4. The summed E-state index contributed by atoms with van der Waals surface area (Å²) in [6, 6.07) is 0. The molecule has 2 heterocycles. The monoisotopic (exact) mass is 313 g/mol. The van der Waals surface area contributed by atoms with Gasteiger partial charge in [0.15, 0.2) is 5.82 Å². The molecule has 1 saturated heterocycles. The highest BCUT2D eigenvalue weighted by Gasteiger charge is 2.36. The van der Waals surface area contributed by atoms with Crippen LogP contribution in [-0.2, 0) is 10.3 Å². The summed E-state index contributed by atoms with van der Waals surface area (Å²) in [5.74, 6) is 1.97. The van der Waals surface area contributed by atoms with Gasteiger partial charge in [0.2, 0.25) is 0 Å². The fraction of sp³-hybridized carbons (Fsp3) is 0.692. The summed E-state index contributed by atoms with van der Waals surface area (Å²) in [5.41, 5.74) is 0.691. The Morgan fingerprint density at radius 1 is 1.39 bits per heavy atom. The zero-order valence-corrected chi connectivity index (χ0v) is 13.0. The highest BCUT2D eigenvalue weighted by Crippen LogP contribution is 2.37. The Bertz CT molecular complexity index is 442. The lowest BCUT2D eigenvalue weighted by Crippen LogP contribution is -2.25. The van der Waals surface area contributed by atoms with Crippen LogP contribution < -0.4 is 5.32 Å². The van der Waals surface area contributed by atoms with Crippen molar-refractivity contribution in [2.45, 2.75) is 45.1 Å². The summed E-state index contributed by atoms with van der Waals surface area (Å²) < 4.78 is 6.78. The normalized spacial score (nSPS) is 23.7. The standard InChI is InChI=1S/C13H20BrN3O/c1-8(2)10-9(14)11(15-4)17-12(16-10)13(3)6-5-7-18-13/h8H,5-7H2,1-4H3,(H,15,16,17). The predicted molar refractivity (Wildman–Crippen MR) is 75.9 cm³/mol. The maximum absolute atomic E-state index is 5.83. The molecule has 0 aromatic carbocycles. The number of ether oxygens (including phenoxy) is 1. The van der Waals surface area contributed by atoms with E-state index in [0.717, 1.165) is 41.3 Å². The first-order valence-corrected chi connectivity index (χ1v) is 7.17. The summed E-state index contributed by atoms with van der Waals surface area (Å²) in [5, 5.41) is 3.12. The average molecular weight is 314 g/mol. The van der Waals surface area contributed by atoms with Gasteiger partial charge in [-0.05, 0) is 41.6 Å². The van der Waals surface area contributed by atoms with Gasteiger partial charge in [0.05, 0.1) is 10.2 Å². The molecule has 1 atom stereocenters. The van der Waals surface area contributed by atoms with Crippen LogP contribution in [0.3, 0.4) is 0 Å². The lowest BCUT2D eigenvalue weighted by Gasteiger charge is -2.24. The third kappa shape index (κ3) is 2.38. The van der Waals surface area contributed by atoms with Crippen LogP contribution in [0.15, 0.2) is 4.47 Å². The second-order valence-corrected chi connectivity index (χ2v) is 5.98. The fourth-order valence-electron chi connectivity index (χ4n) is 2.20. The van der Waals surface area contributed by atoms with Crippen LogP contribution in [0.25, 0.3) is 0 Å². The Hall–Kier alpha value is -0.680. The molecule has 0 spiro atoms. The maximum Gasteiger partial charge on any atom is 0.162 e. The Kier molecular flexibility index (Phi) is 3.92. The van der Waals surface area contributed by atoms with Crippen LogP contribution >= 0.6 is 15.9 Å². The van der Waals surface area contributed by atoms with E-state index in [0.29, 0.717) is 5.92 Å². The largest absolute Gasteiger partial charge is 0.372 e. The Morgan fingerprint density at radius 2 is 2.11 bits per heavy atom. The topological polar surface area (TPSA) is 47.0 Å². The molecule has 0 aliphatic carbocycles. The predicted octanol–water partition coefficient (Wildman–Crippen LogP) is 3.43. The smallest absolute Gasteiger partial charge is 0.162 e. The summed E-state index contributed by atoms with van der Waals surface area (Å²) in [7, 11) is 1.87. The number of nitrogens with one attached hydrogen (secondary N) is 1. The molecule has 1 N–H and O–H groups in total. The molecule has 100 valence electrons. The lowest BCUT2D eigenvalue weighted by molar-refractivity contribution is 0.00920. The van der Waals surface area contributed by atoms with Gasteiger partial charge in [-0.25, -0.2) is 9.97 Å². The molecule has 0 radical (unpaired) electrons. The van der Waals surface area contributed by atoms with Gasteiger partial charge in [-0.1, -0.05) is 13.8 Å². The Balaban J connectivity index is 2.51. The quantitative estimate of drug-likeness (QED) is 0.928. The van der Waals surface area contributed by atoms with Crippen molar-refractivity contribution in [1.82, 2.24) is 9.97 Å². The van der Waals surface area contributed by atoms with Crippen molar-refractivity contribution < 1.29 is 4.74 Å². The molecule has 1 aromatic rings. The molecule has 0 saturated carbocycles. The highest BCUT2D eigenvalue weighted by molar-refractivity contribution is 9.10. The minimum atomic E-state index is -0.337. The Labute approximate surface area is 117 Å². The second kappa shape index (κ2) is 5.13. The highest BCUT2D eigenvalue weighted by atomic mass is 79.9. The first-order chi connectivity index (χ1) is 8.48. The molecular formula is C13H20BrN3O. The molecule has 5 heteroatoms. The Morgan fingerprint density at radius 3 is 2.61 bits per heavy atom. The van der Waals surface area contributed by atoms with Crippen LogP contribution in [0, 0.1) is 0 Å². The van der Waals surface area contributed by atoms with Crippen LogP contribution in [0.2, 0.25) is 0 Å². The molecule has 1 fully saturated rings. The van der Waals surface area contributed by atoms with E-state index in [1.165, 1.54) is 0 Å². The molecule has 0 bridgehead atoms. The molecule has 1 unspecified atom stereocenters. The van der Waals surface area contributed by atoms with E-state index in [-0.39, 0.29) is 5.60 Å². The molecule has 0 amide bonds. The molecule has 1 aromatic heterocycles. The van der Waals surface area contributed by atoms with Crippen molar-refractivity contribution in [2.24, 2.45) is 0 Å². The third-order valence-corrected chi connectivity index (χ3v) is 4.13. The van der Waals surface area contributed by atoms with E-state index in [9.17, 15) is 0 Å². The van der Waals surface area contributed by atoms with Gasteiger partial charge in [0, 0.05) is 13.7 Å². The van der Waals surface area contributed by atoms with Crippen LogP contribution in [0.5, 0.6) is 0 Å². The van der Waals surface area contributed by atoms with Crippen molar-refractivity contribution in [2.75, 3.05) is 19.0 Å². The van der Waals surface area contributed by atoms with Crippen molar-refractivity contribution >= 4 is 21.7 Å². The van der Waals surface area contributed by atoms with Gasteiger partial charge < -0.3 is 10.1 Å². The van der Waals surface area contributed by atoms with Gasteiger partial charge in [0.25, 0.3) is 0 Å². The SMILES string of the molecule is CNc1nc(C2(C)CCCO2)nc(C(C)C)c1Br. The van der Waals surface area contributed by atoms with E-state index in [1.807, 2.05) is 7.05 Å². The van der Waals surface area contributed by atoms with E-state index in [2.05, 4.69) is 47.0 Å². The van der Waals surface area contributed by atoms with E-state index < -0.39 is 0 Å². The van der Waals surface area contributed by atoms with E-state index in [1.54, 1.807) is 0 Å². The molecule has 18 heavy (non-hydrogen) atoms. The minimum Gasteiger partial charge on any atom is -0.372 e. The number of nitrogens with zero attached hydrogens (tertiary/aromatic N) is 2. The van der Waals surface area contributed by atoms with Gasteiger partial charge in [-0.15, -0.1) is 0 Å². The van der Waals surface area contributed by atoms with Gasteiger partial charge in [0.1, 0.15) is 11.4 Å². The zero-order chi connectivity index (χ0) is 13.3. The number of rotatable bonds is 3. The van der Waals surface area contributed by atoms with Gasteiger partial charge in [-0.2, -0.15) is 0 Å². The average Bonchev–Trinajstić information content (AvgIpc) is 2.77. The number of anilines is 1. The lowest BCUT2D eigenvalue weighted by atomic mass is 10.0. The summed E-state index contributed by atoms with van der Waals surface area (Å²) >= 11 is 3.57. The van der Waals surface area contributed by atoms with Crippen LogP contribution in [0.1, 0.15) is 51.0 Å². The summed E-state index contributed by atoms with van der Waals surface area (Å²) in [4.78, 5) is 9.30. The number of halogens is 1.